The van der Waals surface area contributed by atoms with Gasteiger partial charge in [-0.25, -0.2) is 9.37 Å². The van der Waals surface area contributed by atoms with E-state index in [-0.39, 0.29) is 24.4 Å². The zero-order valence-electron chi connectivity index (χ0n) is 18.0. The monoisotopic (exact) mass is 427 g/mol. The molecule has 31 heavy (non-hydrogen) atoms. The van der Waals surface area contributed by atoms with Gasteiger partial charge in [0.15, 0.2) is 6.61 Å². The lowest BCUT2D eigenvalue weighted by atomic mass is 9.87. The second kappa shape index (κ2) is 10.1. The van der Waals surface area contributed by atoms with Gasteiger partial charge in [0.05, 0.1) is 7.11 Å². The summed E-state index contributed by atoms with van der Waals surface area (Å²) >= 11 is 0. The molecule has 0 spiro atoms. The predicted molar refractivity (Wildman–Crippen MR) is 116 cm³/mol. The average molecular weight is 428 g/mol. The second-order valence-corrected chi connectivity index (χ2v) is 8.45. The van der Waals surface area contributed by atoms with Crippen molar-refractivity contribution in [3.63, 3.8) is 0 Å². The molecule has 7 heteroatoms. The van der Waals surface area contributed by atoms with Gasteiger partial charge in [0.25, 0.3) is 5.91 Å². The number of hydrogen-bond donors (Lipinski definition) is 1. The Hall–Kier alpha value is -2.67. The van der Waals surface area contributed by atoms with Crippen molar-refractivity contribution in [1.29, 1.82) is 0 Å². The zero-order chi connectivity index (χ0) is 21.6. The third-order valence-electron chi connectivity index (χ3n) is 6.23. The molecule has 3 heterocycles. The van der Waals surface area contributed by atoms with Gasteiger partial charge >= 0.3 is 0 Å². The van der Waals surface area contributed by atoms with Gasteiger partial charge in [0.1, 0.15) is 11.6 Å². The molecular formula is C24H30FN3O3. The summed E-state index contributed by atoms with van der Waals surface area (Å²) in [6.45, 7) is 2.66. The molecule has 0 unspecified atom stereocenters. The Morgan fingerprint density at radius 2 is 2.16 bits per heavy atom. The third kappa shape index (κ3) is 5.73. The van der Waals surface area contributed by atoms with Gasteiger partial charge in [-0.3, -0.25) is 9.69 Å². The minimum Gasteiger partial charge on any atom is -0.483 e. The first-order valence-electron chi connectivity index (χ1n) is 11.0. The molecule has 0 aliphatic carbocycles. The van der Waals surface area contributed by atoms with E-state index in [4.69, 9.17) is 9.47 Å². The van der Waals surface area contributed by atoms with Crippen molar-refractivity contribution < 1.29 is 18.7 Å². The molecule has 2 aliphatic rings. The van der Waals surface area contributed by atoms with Crippen LogP contribution in [0.3, 0.4) is 0 Å². The van der Waals surface area contributed by atoms with E-state index in [1.165, 1.54) is 12.1 Å². The van der Waals surface area contributed by atoms with Crippen LogP contribution in [0.25, 0.3) is 0 Å². The molecule has 1 amide bonds. The Morgan fingerprint density at radius 3 is 2.97 bits per heavy atom. The highest BCUT2D eigenvalue weighted by Crippen LogP contribution is 2.27. The molecule has 0 bridgehead atoms. The number of carbonyl (C=O) groups excluding carboxylic acids is 1. The topological polar surface area (TPSA) is 63.7 Å². The van der Waals surface area contributed by atoms with Crippen LogP contribution in [-0.4, -0.2) is 48.6 Å². The number of fused-ring (bicyclic) bond motifs is 2. The number of ether oxygens (including phenoxy) is 2. The number of benzene rings is 1. The number of likely N-dealkylation sites (tertiary alicyclic amines) is 1. The number of aryl methyl sites for hydroxylation is 1. The normalized spacial score (nSPS) is 22.7. The van der Waals surface area contributed by atoms with Crippen molar-refractivity contribution in [2.75, 3.05) is 26.8 Å². The summed E-state index contributed by atoms with van der Waals surface area (Å²) in [7, 11) is 1.62. The molecule has 1 aromatic carbocycles. The van der Waals surface area contributed by atoms with Gasteiger partial charge in [-0.05, 0) is 60.9 Å². The summed E-state index contributed by atoms with van der Waals surface area (Å²) in [5.74, 6) is 1.23. The maximum absolute atomic E-state index is 13.7. The van der Waals surface area contributed by atoms with Crippen LogP contribution in [0.2, 0.25) is 0 Å². The molecule has 166 valence electrons. The number of nitrogens with zero attached hydrogens (tertiary/aromatic N) is 2. The standard InChI is InChI=1S/C24H30FN3O3/c1-30-24-9-6-17(13-26-24)14-28-11-10-21-19(15-28)5-3-2-4-18-12-20(25)7-8-22(18)31-16-23(29)27-21/h6-9,12-13,19,21H,2-5,10-11,14-16H2,1H3,(H,27,29)/t19-,21+/m1/s1. The Balaban J connectivity index is 1.40. The van der Waals surface area contributed by atoms with Gasteiger partial charge in [-0.15, -0.1) is 0 Å². The van der Waals surface area contributed by atoms with Crippen molar-refractivity contribution in [2.45, 2.75) is 44.7 Å². The number of nitrogens with one attached hydrogen (secondary N) is 1. The van der Waals surface area contributed by atoms with Crippen LogP contribution >= 0.6 is 0 Å². The van der Waals surface area contributed by atoms with E-state index in [9.17, 15) is 9.18 Å². The first kappa shape index (κ1) is 21.6. The quantitative estimate of drug-likeness (QED) is 0.814. The van der Waals surface area contributed by atoms with Gasteiger partial charge in [-0.2, -0.15) is 0 Å². The van der Waals surface area contributed by atoms with Crippen molar-refractivity contribution in [1.82, 2.24) is 15.2 Å². The lowest BCUT2D eigenvalue weighted by molar-refractivity contribution is -0.124. The van der Waals surface area contributed by atoms with E-state index >= 15 is 0 Å². The molecular weight excluding hydrogens is 397 g/mol. The van der Waals surface area contributed by atoms with Crippen LogP contribution in [0.4, 0.5) is 4.39 Å². The van der Waals surface area contributed by atoms with Crippen LogP contribution in [0, 0.1) is 11.7 Å². The summed E-state index contributed by atoms with van der Waals surface area (Å²) in [6.07, 6.45) is 6.58. The minimum absolute atomic E-state index is 0.0386. The fraction of sp³-hybridized carbons (Fsp3) is 0.500. The molecule has 4 rings (SSSR count). The van der Waals surface area contributed by atoms with E-state index in [0.717, 1.165) is 62.9 Å². The van der Waals surface area contributed by atoms with E-state index in [1.807, 2.05) is 12.3 Å². The number of halogens is 1. The molecule has 6 nitrogen and oxygen atoms in total. The van der Waals surface area contributed by atoms with Crippen LogP contribution in [-0.2, 0) is 17.8 Å². The number of methoxy groups -OCH3 is 1. The maximum Gasteiger partial charge on any atom is 0.258 e. The number of aromatic nitrogens is 1. The summed E-state index contributed by atoms with van der Waals surface area (Å²) in [6, 6.07) is 8.63. The summed E-state index contributed by atoms with van der Waals surface area (Å²) in [5.41, 5.74) is 1.99. The van der Waals surface area contributed by atoms with Gasteiger partial charge in [-0.1, -0.05) is 12.5 Å². The first-order valence-corrected chi connectivity index (χ1v) is 11.0. The Labute approximate surface area is 182 Å². The smallest absolute Gasteiger partial charge is 0.258 e. The van der Waals surface area contributed by atoms with Gasteiger partial charge in [0.2, 0.25) is 5.88 Å². The maximum atomic E-state index is 13.7. The van der Waals surface area contributed by atoms with Gasteiger partial charge < -0.3 is 14.8 Å². The Morgan fingerprint density at radius 1 is 1.26 bits per heavy atom. The van der Waals surface area contributed by atoms with E-state index < -0.39 is 0 Å². The van der Waals surface area contributed by atoms with Crippen LogP contribution in [0.5, 0.6) is 11.6 Å². The third-order valence-corrected chi connectivity index (χ3v) is 6.23. The summed E-state index contributed by atoms with van der Waals surface area (Å²) < 4.78 is 24.5. The number of amides is 1. The highest BCUT2D eigenvalue weighted by atomic mass is 19.1. The second-order valence-electron chi connectivity index (χ2n) is 8.45. The van der Waals surface area contributed by atoms with E-state index in [1.54, 1.807) is 13.2 Å². The first-order chi connectivity index (χ1) is 15.1. The lowest BCUT2D eigenvalue weighted by Gasteiger charge is -2.39. The number of hydrogen-bond acceptors (Lipinski definition) is 5. The van der Waals surface area contributed by atoms with E-state index in [2.05, 4.69) is 21.3 Å². The van der Waals surface area contributed by atoms with E-state index in [0.29, 0.717) is 17.5 Å². The number of carbonyl (C=O) groups is 1. The molecule has 0 radical (unpaired) electrons. The molecule has 0 saturated carbocycles. The largest absolute Gasteiger partial charge is 0.483 e. The number of pyridine rings is 1. The molecule has 1 aromatic heterocycles. The molecule has 1 N–H and O–H groups in total. The summed E-state index contributed by atoms with van der Waals surface area (Å²) in [5, 5.41) is 3.18. The van der Waals surface area contributed by atoms with Crippen molar-refractivity contribution >= 4 is 5.91 Å². The molecule has 2 aromatic rings. The molecule has 2 aliphatic heterocycles. The fourth-order valence-electron chi connectivity index (χ4n) is 4.61. The van der Waals surface area contributed by atoms with Crippen LogP contribution < -0.4 is 14.8 Å². The van der Waals surface area contributed by atoms with Crippen molar-refractivity contribution in [3.8, 4) is 11.6 Å². The number of piperidine rings is 1. The van der Waals surface area contributed by atoms with Crippen molar-refractivity contribution in [2.24, 2.45) is 5.92 Å². The molecule has 2 atom stereocenters. The van der Waals surface area contributed by atoms with Crippen molar-refractivity contribution in [3.05, 3.63) is 53.5 Å². The lowest BCUT2D eigenvalue weighted by Crippen LogP contribution is -2.51. The predicted octanol–water partition coefficient (Wildman–Crippen LogP) is 3.34. The zero-order valence-corrected chi connectivity index (χ0v) is 18.0. The fourth-order valence-corrected chi connectivity index (χ4v) is 4.61. The minimum atomic E-state index is -0.269. The summed E-state index contributed by atoms with van der Waals surface area (Å²) in [4.78, 5) is 19.3. The molecule has 1 fully saturated rings. The Bertz CT molecular complexity index is 890. The highest BCUT2D eigenvalue weighted by molar-refractivity contribution is 5.78. The van der Waals surface area contributed by atoms with Gasteiger partial charge in [0, 0.05) is 37.9 Å². The SMILES string of the molecule is COc1ccc(CN2CC[C@@H]3NC(=O)COc4ccc(F)cc4CCCC[C@@H]3C2)cn1. The van der Waals surface area contributed by atoms with Crippen LogP contribution in [0.1, 0.15) is 36.8 Å². The number of rotatable bonds is 3. The molecule has 1 saturated heterocycles. The van der Waals surface area contributed by atoms with Crippen LogP contribution in [0.15, 0.2) is 36.5 Å². The average Bonchev–Trinajstić information content (AvgIpc) is 2.77. The Kier molecular flexibility index (Phi) is 7.02. The highest BCUT2D eigenvalue weighted by Gasteiger charge is 2.30.